The van der Waals surface area contributed by atoms with E-state index in [2.05, 4.69) is 5.32 Å². The number of rotatable bonds is 8. The minimum Gasteiger partial charge on any atom is -0.497 e. The van der Waals surface area contributed by atoms with Crippen molar-refractivity contribution < 1.29 is 49.3 Å². The third-order valence-electron chi connectivity index (χ3n) is 4.51. The van der Waals surface area contributed by atoms with E-state index in [0.717, 1.165) is 6.92 Å². The van der Waals surface area contributed by atoms with E-state index in [1.165, 1.54) is 19.2 Å². The molecule has 1 aromatic carbocycles. The highest BCUT2D eigenvalue weighted by molar-refractivity contribution is 5.77. The van der Waals surface area contributed by atoms with E-state index < -0.39 is 61.1 Å². The molecule has 1 saturated heterocycles. The van der Waals surface area contributed by atoms with Gasteiger partial charge in [0.2, 0.25) is 5.91 Å². The van der Waals surface area contributed by atoms with Crippen molar-refractivity contribution in [2.24, 2.45) is 0 Å². The number of carboxylic acid groups (broad SMARTS) is 1. The molecule has 0 unspecified atom stereocenters. The summed E-state index contributed by atoms with van der Waals surface area (Å²) in [4.78, 5) is 23.5. The van der Waals surface area contributed by atoms with E-state index in [4.69, 9.17) is 19.3 Å². The number of hydrogen-bond acceptors (Lipinski definition) is 9. The van der Waals surface area contributed by atoms with Crippen molar-refractivity contribution in [3.8, 4) is 11.5 Å². The SMILES string of the molecule is COc1cccc(O[C@]2(C(=O)O)C[C@H](O)[C@@H](NC(C)=O)[C@H]([C@H](O)[C@H](O)CO)O2)c1. The smallest absolute Gasteiger partial charge is 0.377 e. The molecule has 11 heteroatoms. The molecule has 1 aliphatic rings. The van der Waals surface area contributed by atoms with Crippen molar-refractivity contribution in [2.75, 3.05) is 13.7 Å². The van der Waals surface area contributed by atoms with Crippen molar-refractivity contribution in [1.29, 1.82) is 0 Å². The topological polar surface area (TPSA) is 175 Å². The van der Waals surface area contributed by atoms with Crippen LogP contribution in [-0.2, 0) is 14.3 Å². The molecular formula is C18H25NO10. The van der Waals surface area contributed by atoms with Gasteiger partial charge in [-0.1, -0.05) is 6.07 Å². The van der Waals surface area contributed by atoms with E-state index in [0.29, 0.717) is 5.75 Å². The van der Waals surface area contributed by atoms with Crippen LogP contribution in [-0.4, -0.2) is 87.4 Å². The monoisotopic (exact) mass is 415 g/mol. The highest BCUT2D eigenvalue weighted by atomic mass is 16.7. The lowest BCUT2D eigenvalue weighted by atomic mass is 9.88. The van der Waals surface area contributed by atoms with Crippen LogP contribution in [0.5, 0.6) is 11.5 Å². The second-order valence-corrected chi connectivity index (χ2v) is 6.66. The molecule has 29 heavy (non-hydrogen) atoms. The number of nitrogens with one attached hydrogen (secondary N) is 1. The molecule has 0 bridgehead atoms. The van der Waals surface area contributed by atoms with E-state index in [1.807, 2.05) is 0 Å². The van der Waals surface area contributed by atoms with Crippen molar-refractivity contribution >= 4 is 11.9 Å². The van der Waals surface area contributed by atoms with Gasteiger partial charge in [-0.25, -0.2) is 4.79 Å². The average molecular weight is 415 g/mol. The number of carbonyl (C=O) groups excluding carboxylic acids is 1. The molecule has 0 aliphatic carbocycles. The summed E-state index contributed by atoms with van der Waals surface area (Å²) in [5.74, 6) is -4.20. The maximum Gasteiger partial charge on any atom is 0.377 e. The summed E-state index contributed by atoms with van der Waals surface area (Å²) >= 11 is 0. The van der Waals surface area contributed by atoms with Gasteiger partial charge in [0.05, 0.1) is 32.3 Å². The van der Waals surface area contributed by atoms with Crippen LogP contribution in [0.2, 0.25) is 0 Å². The molecule has 6 atom stereocenters. The van der Waals surface area contributed by atoms with Gasteiger partial charge in [-0.2, -0.15) is 0 Å². The van der Waals surface area contributed by atoms with Crippen LogP contribution in [0.3, 0.4) is 0 Å². The molecule has 0 aromatic heterocycles. The fraction of sp³-hybridized carbons (Fsp3) is 0.556. The Hall–Kier alpha value is -2.44. The number of carbonyl (C=O) groups is 2. The molecule has 1 aromatic rings. The Morgan fingerprint density at radius 1 is 1.34 bits per heavy atom. The Bertz CT molecular complexity index is 728. The van der Waals surface area contributed by atoms with Gasteiger partial charge in [-0.3, -0.25) is 4.79 Å². The van der Waals surface area contributed by atoms with Crippen LogP contribution in [0, 0.1) is 0 Å². The first kappa shape index (κ1) is 22.8. The zero-order chi connectivity index (χ0) is 21.8. The summed E-state index contributed by atoms with van der Waals surface area (Å²) in [5.41, 5.74) is 0. The minimum atomic E-state index is -2.44. The van der Waals surface area contributed by atoms with Crippen molar-refractivity contribution in [2.45, 2.75) is 49.6 Å². The van der Waals surface area contributed by atoms with E-state index in [-0.39, 0.29) is 5.75 Å². The van der Waals surface area contributed by atoms with Crippen molar-refractivity contribution in [1.82, 2.24) is 5.32 Å². The van der Waals surface area contributed by atoms with Crippen molar-refractivity contribution in [3.63, 3.8) is 0 Å². The molecule has 1 fully saturated rings. The number of methoxy groups -OCH3 is 1. The molecule has 6 N–H and O–H groups in total. The minimum absolute atomic E-state index is 0.0490. The molecule has 2 rings (SSSR count). The van der Waals surface area contributed by atoms with Gasteiger partial charge in [0, 0.05) is 13.0 Å². The molecule has 162 valence electrons. The maximum absolute atomic E-state index is 12.0. The van der Waals surface area contributed by atoms with Crippen LogP contribution in [0.1, 0.15) is 13.3 Å². The van der Waals surface area contributed by atoms with Gasteiger partial charge in [0.15, 0.2) is 0 Å². The number of aliphatic hydroxyl groups is 4. The van der Waals surface area contributed by atoms with E-state index >= 15 is 0 Å². The number of carboxylic acids is 1. The number of benzene rings is 1. The number of aliphatic hydroxyl groups excluding tert-OH is 4. The lowest BCUT2D eigenvalue weighted by Gasteiger charge is -2.46. The highest BCUT2D eigenvalue weighted by Gasteiger charge is 2.56. The maximum atomic E-state index is 12.0. The summed E-state index contributed by atoms with van der Waals surface area (Å²) < 4.78 is 16.1. The Kier molecular flexibility index (Phi) is 7.38. The molecule has 1 amide bonds. The summed E-state index contributed by atoms with van der Waals surface area (Å²) in [6.07, 6.45) is -7.26. The Morgan fingerprint density at radius 3 is 2.55 bits per heavy atom. The van der Waals surface area contributed by atoms with Crippen LogP contribution >= 0.6 is 0 Å². The normalized spacial score (nSPS) is 28.8. The van der Waals surface area contributed by atoms with E-state index in [9.17, 15) is 30.0 Å². The van der Waals surface area contributed by atoms with Crippen LogP contribution in [0.15, 0.2) is 24.3 Å². The third-order valence-corrected chi connectivity index (χ3v) is 4.51. The average Bonchev–Trinajstić information content (AvgIpc) is 2.68. The van der Waals surface area contributed by atoms with Gasteiger partial charge in [-0.15, -0.1) is 0 Å². The Morgan fingerprint density at radius 2 is 2.00 bits per heavy atom. The summed E-state index contributed by atoms with van der Waals surface area (Å²) in [5, 5.41) is 52.0. The molecule has 0 spiro atoms. The van der Waals surface area contributed by atoms with Gasteiger partial charge in [0.1, 0.15) is 29.8 Å². The first-order valence-corrected chi connectivity index (χ1v) is 8.80. The molecule has 0 saturated carbocycles. The molecule has 1 heterocycles. The highest BCUT2D eigenvalue weighted by Crippen LogP contribution is 2.35. The molecule has 11 nitrogen and oxygen atoms in total. The molecular weight excluding hydrogens is 390 g/mol. The number of amides is 1. The third kappa shape index (κ3) is 5.14. The molecule has 1 aliphatic heterocycles. The zero-order valence-corrected chi connectivity index (χ0v) is 15.9. The largest absolute Gasteiger partial charge is 0.497 e. The van der Waals surface area contributed by atoms with Crippen LogP contribution in [0.4, 0.5) is 0 Å². The number of ether oxygens (including phenoxy) is 3. The van der Waals surface area contributed by atoms with Crippen molar-refractivity contribution in [3.05, 3.63) is 24.3 Å². The first-order chi connectivity index (χ1) is 13.6. The van der Waals surface area contributed by atoms with Gasteiger partial charge in [0.25, 0.3) is 0 Å². The van der Waals surface area contributed by atoms with Gasteiger partial charge < -0.3 is 45.1 Å². The van der Waals surface area contributed by atoms with E-state index in [1.54, 1.807) is 12.1 Å². The number of hydrogen-bond donors (Lipinski definition) is 6. The number of aliphatic carboxylic acids is 1. The van der Waals surface area contributed by atoms with Crippen LogP contribution < -0.4 is 14.8 Å². The van der Waals surface area contributed by atoms with Crippen LogP contribution in [0.25, 0.3) is 0 Å². The summed E-state index contributed by atoms with van der Waals surface area (Å²) in [6, 6.07) is 4.73. The standard InChI is InChI=1S/C18H25NO10/c1-9(21)19-14-12(22)7-18(17(25)26,29-16(14)15(24)13(23)8-20)28-11-5-3-4-10(6-11)27-2/h3-6,12-16,20,22-24H,7-8H2,1-2H3,(H,19,21)(H,25,26)/t12-,13+,14+,15+,16+,18+/m0/s1. The summed E-state index contributed by atoms with van der Waals surface area (Å²) in [7, 11) is 1.41. The zero-order valence-electron chi connectivity index (χ0n) is 15.9. The second-order valence-electron chi connectivity index (χ2n) is 6.66. The predicted molar refractivity (Wildman–Crippen MR) is 96.2 cm³/mol. The summed E-state index contributed by atoms with van der Waals surface area (Å²) in [6.45, 7) is 0.297. The Labute approximate surface area is 166 Å². The van der Waals surface area contributed by atoms with Gasteiger partial charge in [-0.05, 0) is 12.1 Å². The van der Waals surface area contributed by atoms with Gasteiger partial charge >= 0.3 is 11.8 Å². The fourth-order valence-electron chi connectivity index (χ4n) is 3.09. The lowest BCUT2D eigenvalue weighted by Crippen LogP contribution is -2.68. The Balaban J connectivity index is 2.42. The molecule has 0 radical (unpaired) electrons. The predicted octanol–water partition coefficient (Wildman–Crippen LogP) is -1.78. The quantitative estimate of drug-likeness (QED) is 0.285. The lowest BCUT2D eigenvalue weighted by molar-refractivity contribution is -0.284. The first-order valence-electron chi connectivity index (χ1n) is 8.80. The second kappa shape index (κ2) is 9.37. The fourth-order valence-corrected chi connectivity index (χ4v) is 3.09.